The number of carbonyl (C=O) groups is 1. The number of carbonyl (C=O) groups excluding carboxylic acids is 1. The topological polar surface area (TPSA) is 91.3 Å². The van der Waals surface area contributed by atoms with E-state index in [-0.39, 0.29) is 25.8 Å². The van der Waals surface area contributed by atoms with E-state index in [4.69, 9.17) is 18.5 Å². The second-order valence-corrected chi connectivity index (χ2v) is 20.0. The molecule has 0 aliphatic rings. The molecule has 8 nitrogen and oxygen atoms in total. The molecule has 0 spiro atoms. The number of hydrogen-bond acceptors (Lipinski definition) is 6. The number of quaternary nitrogens is 1. The van der Waals surface area contributed by atoms with Crippen LogP contribution in [0, 0.1) is 0 Å². The number of likely N-dealkylation sites (N-methyl/N-ethyl adjacent to an activating group) is 1. The molecule has 0 radical (unpaired) electrons. The minimum atomic E-state index is -4.27. The highest BCUT2D eigenvalue weighted by Gasteiger charge is 2.26. The Morgan fingerprint density at radius 1 is 0.466 bits per heavy atom. The number of phosphoric ester groups is 1. The van der Waals surface area contributed by atoms with Gasteiger partial charge < -0.3 is 18.9 Å². The molecule has 0 aromatic carbocycles. The zero-order chi connectivity index (χ0) is 42.7. The molecular formula is C49H101NO7P+. The van der Waals surface area contributed by atoms with Crippen molar-refractivity contribution in [2.75, 3.05) is 54.1 Å². The largest absolute Gasteiger partial charge is 0.472 e. The van der Waals surface area contributed by atoms with Crippen LogP contribution in [0.5, 0.6) is 0 Å². The quantitative estimate of drug-likeness (QED) is 0.0282. The van der Waals surface area contributed by atoms with Crippen LogP contribution in [0.3, 0.4) is 0 Å². The standard InChI is InChI=1S/C49H100NO7P/c1-6-8-10-12-14-16-18-20-22-24-25-26-28-30-32-34-36-38-40-42-49(51)57-48(47-56-58(52,53)55-45-43-50(3,4)5)46-54-44-41-39-37-35-33-31-29-27-23-21-19-17-15-13-11-9-7-2/h48H,6-47H2,1-5H3/p+1/t48-/m1/s1. The van der Waals surface area contributed by atoms with Gasteiger partial charge in [-0.25, -0.2) is 4.57 Å². The Hall–Kier alpha value is -0.500. The Morgan fingerprint density at radius 3 is 1.14 bits per heavy atom. The average Bonchev–Trinajstić information content (AvgIpc) is 3.18. The molecule has 0 aromatic heterocycles. The van der Waals surface area contributed by atoms with E-state index in [1.165, 1.54) is 199 Å². The van der Waals surface area contributed by atoms with Crippen LogP contribution >= 0.6 is 7.82 Å². The molecule has 1 N–H and O–H groups in total. The van der Waals surface area contributed by atoms with Crippen molar-refractivity contribution < 1.29 is 37.3 Å². The van der Waals surface area contributed by atoms with Gasteiger partial charge in [0.05, 0.1) is 34.4 Å². The molecule has 0 aliphatic heterocycles. The van der Waals surface area contributed by atoms with Crippen molar-refractivity contribution in [1.29, 1.82) is 0 Å². The van der Waals surface area contributed by atoms with Crippen molar-refractivity contribution >= 4 is 13.8 Å². The third-order valence-corrected chi connectivity index (χ3v) is 12.4. The minimum absolute atomic E-state index is 0.0942. The Bertz CT molecular complexity index is 899. The molecule has 348 valence electrons. The first kappa shape index (κ1) is 57.5. The highest BCUT2D eigenvalue weighted by atomic mass is 31.2. The summed E-state index contributed by atoms with van der Waals surface area (Å²) in [6.07, 6.45) is 47.1. The van der Waals surface area contributed by atoms with Crippen LogP contribution in [0.15, 0.2) is 0 Å². The molecule has 0 saturated carbocycles. The monoisotopic (exact) mass is 847 g/mol. The SMILES string of the molecule is CCCCCCCCCCCCCCCCCCCCCC(=O)O[C@H](COCCCCCCCCCCCCCCCCCCC)COP(=O)(O)OCC[N+](C)(C)C. The van der Waals surface area contributed by atoms with Crippen molar-refractivity contribution in [3.8, 4) is 0 Å². The van der Waals surface area contributed by atoms with E-state index in [0.29, 0.717) is 24.1 Å². The second-order valence-electron chi connectivity index (χ2n) is 18.6. The van der Waals surface area contributed by atoms with Gasteiger partial charge >= 0.3 is 13.8 Å². The molecule has 0 saturated heterocycles. The lowest BCUT2D eigenvalue weighted by Crippen LogP contribution is -2.37. The number of esters is 1. The first-order chi connectivity index (χ1) is 28.1. The summed E-state index contributed by atoms with van der Waals surface area (Å²) >= 11 is 0. The number of ether oxygens (including phenoxy) is 2. The van der Waals surface area contributed by atoms with Crippen molar-refractivity contribution in [3.63, 3.8) is 0 Å². The van der Waals surface area contributed by atoms with Gasteiger partial charge in [-0.3, -0.25) is 13.8 Å². The first-order valence-electron chi connectivity index (χ1n) is 25.3. The lowest BCUT2D eigenvalue weighted by molar-refractivity contribution is -0.870. The maximum Gasteiger partial charge on any atom is 0.472 e. The summed E-state index contributed by atoms with van der Waals surface area (Å²) in [6, 6.07) is 0. The number of rotatable bonds is 48. The van der Waals surface area contributed by atoms with E-state index in [0.717, 1.165) is 32.1 Å². The Balaban J connectivity index is 4.10. The summed E-state index contributed by atoms with van der Waals surface area (Å²) in [5.74, 6) is -0.305. The lowest BCUT2D eigenvalue weighted by atomic mass is 10.0. The van der Waals surface area contributed by atoms with Gasteiger partial charge in [0.1, 0.15) is 19.3 Å². The molecule has 0 heterocycles. The summed E-state index contributed by atoms with van der Waals surface area (Å²) in [7, 11) is 1.69. The fourth-order valence-electron chi connectivity index (χ4n) is 7.50. The van der Waals surface area contributed by atoms with Crippen LogP contribution in [0.25, 0.3) is 0 Å². The van der Waals surface area contributed by atoms with Gasteiger partial charge in [0.25, 0.3) is 0 Å². The summed E-state index contributed by atoms with van der Waals surface area (Å²) in [5, 5.41) is 0. The highest BCUT2D eigenvalue weighted by Crippen LogP contribution is 2.43. The van der Waals surface area contributed by atoms with Crippen LogP contribution in [0.2, 0.25) is 0 Å². The normalized spacial score (nSPS) is 13.6. The van der Waals surface area contributed by atoms with Gasteiger partial charge in [0.2, 0.25) is 0 Å². The van der Waals surface area contributed by atoms with Crippen LogP contribution in [-0.4, -0.2) is 75.6 Å². The van der Waals surface area contributed by atoms with Gasteiger partial charge in [-0.15, -0.1) is 0 Å². The molecular weight excluding hydrogens is 746 g/mol. The first-order valence-corrected chi connectivity index (χ1v) is 26.8. The molecule has 9 heteroatoms. The molecule has 2 atom stereocenters. The predicted octanol–water partition coefficient (Wildman–Crippen LogP) is 15.2. The Kier molecular flexibility index (Phi) is 42.8. The van der Waals surface area contributed by atoms with E-state index >= 15 is 0 Å². The molecule has 0 rings (SSSR count). The smallest absolute Gasteiger partial charge is 0.457 e. The van der Waals surface area contributed by atoms with Crippen molar-refractivity contribution in [3.05, 3.63) is 0 Å². The average molecular weight is 847 g/mol. The van der Waals surface area contributed by atoms with Gasteiger partial charge in [-0.2, -0.15) is 0 Å². The van der Waals surface area contributed by atoms with E-state index in [9.17, 15) is 14.3 Å². The van der Waals surface area contributed by atoms with Crippen molar-refractivity contribution in [2.24, 2.45) is 0 Å². The summed E-state index contributed by atoms with van der Waals surface area (Å²) in [4.78, 5) is 23.0. The minimum Gasteiger partial charge on any atom is -0.457 e. The Labute approximate surface area is 361 Å². The zero-order valence-electron chi connectivity index (χ0n) is 39.6. The molecule has 0 aliphatic carbocycles. The van der Waals surface area contributed by atoms with Crippen LogP contribution in [0.1, 0.15) is 251 Å². The molecule has 1 unspecified atom stereocenters. The summed E-state index contributed by atoms with van der Waals surface area (Å²) in [5.41, 5.74) is 0. The number of hydrogen-bond donors (Lipinski definition) is 1. The molecule has 58 heavy (non-hydrogen) atoms. The van der Waals surface area contributed by atoms with Crippen LogP contribution < -0.4 is 0 Å². The van der Waals surface area contributed by atoms with Crippen LogP contribution in [0.4, 0.5) is 0 Å². The van der Waals surface area contributed by atoms with Crippen LogP contribution in [-0.2, 0) is 27.9 Å². The predicted molar refractivity (Wildman–Crippen MR) is 248 cm³/mol. The summed E-state index contributed by atoms with van der Waals surface area (Å²) in [6.45, 7) is 5.70. The fourth-order valence-corrected chi connectivity index (χ4v) is 8.24. The van der Waals surface area contributed by atoms with Crippen molar-refractivity contribution in [2.45, 2.75) is 258 Å². The fraction of sp³-hybridized carbons (Fsp3) is 0.980. The third-order valence-electron chi connectivity index (χ3n) is 11.4. The molecule has 0 bridgehead atoms. The Morgan fingerprint density at radius 2 is 0.793 bits per heavy atom. The van der Waals surface area contributed by atoms with E-state index in [2.05, 4.69) is 13.8 Å². The lowest BCUT2D eigenvalue weighted by Gasteiger charge is -2.24. The maximum atomic E-state index is 12.7. The molecule has 0 amide bonds. The summed E-state index contributed by atoms with van der Waals surface area (Å²) < 4.78 is 35.1. The zero-order valence-corrected chi connectivity index (χ0v) is 40.5. The second kappa shape index (κ2) is 43.2. The van der Waals surface area contributed by atoms with E-state index in [1.54, 1.807) is 0 Å². The van der Waals surface area contributed by atoms with Crippen molar-refractivity contribution in [1.82, 2.24) is 0 Å². The van der Waals surface area contributed by atoms with Gasteiger partial charge in [0, 0.05) is 13.0 Å². The van der Waals surface area contributed by atoms with E-state index < -0.39 is 13.9 Å². The molecule has 0 fully saturated rings. The number of phosphoric acid groups is 1. The van der Waals surface area contributed by atoms with Gasteiger partial charge in [-0.05, 0) is 12.8 Å². The highest BCUT2D eigenvalue weighted by molar-refractivity contribution is 7.47. The maximum absolute atomic E-state index is 12.7. The number of unbranched alkanes of at least 4 members (excludes halogenated alkanes) is 34. The van der Waals surface area contributed by atoms with Gasteiger partial charge in [0.15, 0.2) is 0 Å². The van der Waals surface area contributed by atoms with E-state index in [1.807, 2.05) is 21.1 Å². The third kappa shape index (κ3) is 46.6. The molecule has 0 aromatic rings. The van der Waals surface area contributed by atoms with Gasteiger partial charge in [-0.1, -0.05) is 232 Å². The number of nitrogens with zero attached hydrogens (tertiary/aromatic N) is 1.